The van der Waals surface area contributed by atoms with E-state index in [4.69, 9.17) is 23.2 Å². The summed E-state index contributed by atoms with van der Waals surface area (Å²) in [7, 11) is 0. The highest BCUT2D eigenvalue weighted by atomic mass is 35.5. The maximum atomic E-state index is 11.8. The second-order valence-corrected chi connectivity index (χ2v) is 3.25. The van der Waals surface area contributed by atoms with Crippen molar-refractivity contribution in [1.29, 1.82) is 0 Å². The molecule has 0 aliphatic rings. The number of hydrogen-bond acceptors (Lipinski definition) is 1. The summed E-state index contributed by atoms with van der Waals surface area (Å²) in [5.74, 6) is -0.177. The van der Waals surface area contributed by atoms with E-state index in [0.29, 0.717) is 0 Å². The van der Waals surface area contributed by atoms with Crippen LogP contribution in [0.25, 0.3) is 0 Å². The Morgan fingerprint density at radius 1 is 1.23 bits per heavy atom. The van der Waals surface area contributed by atoms with Crippen LogP contribution in [0.4, 0.5) is 8.78 Å². The van der Waals surface area contributed by atoms with Gasteiger partial charge in [0.05, 0.1) is 10.0 Å². The number of halogens is 4. The second-order valence-electron chi connectivity index (χ2n) is 2.44. The monoisotopic (exact) mass is 226 g/mol. The lowest BCUT2D eigenvalue weighted by Crippen LogP contribution is -2.03. The molecule has 0 aliphatic carbocycles. The molecule has 0 saturated carbocycles. The molecule has 1 aromatic rings. The molecule has 1 aromatic carbocycles. The fourth-order valence-electron chi connectivity index (χ4n) is 0.888. The van der Waals surface area contributed by atoms with E-state index in [0.717, 1.165) is 5.56 Å². The van der Waals surface area contributed by atoms with Gasteiger partial charge in [-0.1, -0.05) is 23.2 Å². The first-order valence-electron chi connectivity index (χ1n) is 3.41. The first kappa shape index (κ1) is 10.5. The summed E-state index contributed by atoms with van der Waals surface area (Å²) >= 11 is 11.3. The Kier molecular flexibility index (Phi) is 3.33. The van der Waals surface area contributed by atoms with Gasteiger partial charge in [0.2, 0.25) is 0 Å². The van der Waals surface area contributed by atoms with Crippen LogP contribution in [0.2, 0.25) is 10.0 Å². The minimum absolute atomic E-state index is 0.0882. The summed E-state index contributed by atoms with van der Waals surface area (Å²) in [5, 5.41) is 0.176. The molecule has 72 valence electrons. The van der Waals surface area contributed by atoms with Gasteiger partial charge in [0.25, 0.3) is 0 Å². The zero-order valence-electron chi connectivity index (χ0n) is 6.65. The zero-order valence-corrected chi connectivity index (χ0v) is 8.16. The van der Waals surface area contributed by atoms with Crippen molar-refractivity contribution in [2.24, 2.45) is 0 Å². The van der Waals surface area contributed by atoms with Crippen molar-refractivity contribution < 1.29 is 13.5 Å². The highest BCUT2D eigenvalue weighted by Gasteiger charge is 2.12. The zero-order chi connectivity index (χ0) is 10.0. The normalized spacial score (nSPS) is 10.6. The Hall–Kier alpha value is -0.540. The molecule has 0 unspecified atom stereocenters. The molecule has 0 saturated heterocycles. The first-order chi connectivity index (χ1) is 6.00. The molecule has 0 fully saturated rings. The van der Waals surface area contributed by atoms with E-state index in [2.05, 4.69) is 4.74 Å². The topological polar surface area (TPSA) is 9.23 Å². The molecule has 0 amide bonds. The third-order valence-corrected chi connectivity index (χ3v) is 1.91. The van der Waals surface area contributed by atoms with Crippen LogP contribution in [-0.4, -0.2) is 6.61 Å². The smallest absolute Gasteiger partial charge is 0.387 e. The van der Waals surface area contributed by atoms with Crippen LogP contribution in [0.1, 0.15) is 5.56 Å². The van der Waals surface area contributed by atoms with Gasteiger partial charge < -0.3 is 4.74 Å². The number of hydrogen-bond donors (Lipinski definition) is 0. The van der Waals surface area contributed by atoms with Gasteiger partial charge in [0.15, 0.2) is 5.75 Å². The van der Waals surface area contributed by atoms with E-state index in [9.17, 15) is 8.78 Å². The van der Waals surface area contributed by atoms with Crippen molar-refractivity contribution in [2.45, 2.75) is 13.5 Å². The van der Waals surface area contributed by atoms with E-state index >= 15 is 0 Å². The van der Waals surface area contributed by atoms with Crippen molar-refractivity contribution in [3.8, 4) is 5.75 Å². The third-order valence-electron chi connectivity index (χ3n) is 1.35. The molecule has 0 aromatic heterocycles. The molecule has 0 heterocycles. The van der Waals surface area contributed by atoms with Gasteiger partial charge in [-0.15, -0.1) is 0 Å². The molecule has 1 nitrogen and oxygen atoms in total. The highest BCUT2D eigenvalue weighted by Crippen LogP contribution is 2.34. The van der Waals surface area contributed by atoms with E-state index in [1.165, 1.54) is 12.1 Å². The van der Waals surface area contributed by atoms with Gasteiger partial charge in [-0.05, 0) is 24.6 Å². The lowest BCUT2D eigenvalue weighted by molar-refractivity contribution is -0.0497. The second kappa shape index (κ2) is 4.11. The van der Waals surface area contributed by atoms with E-state index in [1.54, 1.807) is 6.92 Å². The Balaban J connectivity index is 3.06. The predicted octanol–water partition coefficient (Wildman–Crippen LogP) is 3.90. The molecule has 5 heteroatoms. The number of alkyl halides is 2. The minimum atomic E-state index is -2.92. The number of ether oxygens (including phenoxy) is 1. The van der Waals surface area contributed by atoms with Crippen LogP contribution in [0.5, 0.6) is 5.75 Å². The Bertz CT molecular complexity index is 292. The summed E-state index contributed by atoms with van der Waals surface area (Å²) in [5.41, 5.74) is 0.789. The molecule has 0 radical (unpaired) electrons. The fourth-order valence-corrected chi connectivity index (χ4v) is 1.57. The third kappa shape index (κ3) is 2.71. The van der Waals surface area contributed by atoms with Crippen molar-refractivity contribution >= 4 is 23.2 Å². The van der Waals surface area contributed by atoms with E-state index < -0.39 is 6.61 Å². The van der Waals surface area contributed by atoms with Gasteiger partial charge in [-0.25, -0.2) is 0 Å². The molecular weight excluding hydrogens is 221 g/mol. The standard InChI is InChI=1S/C8H6Cl2F2O/c1-4-2-5(9)7(6(10)3-4)13-8(11)12/h2-3,8H,1H3. The molecular formula is C8H6Cl2F2O. The van der Waals surface area contributed by atoms with Crippen LogP contribution in [0, 0.1) is 6.92 Å². The largest absolute Gasteiger partial charge is 0.432 e. The highest BCUT2D eigenvalue weighted by molar-refractivity contribution is 6.37. The van der Waals surface area contributed by atoms with Crippen LogP contribution in [-0.2, 0) is 0 Å². The summed E-state index contributed by atoms with van der Waals surface area (Å²) in [4.78, 5) is 0. The van der Waals surface area contributed by atoms with Gasteiger partial charge in [0, 0.05) is 0 Å². The van der Waals surface area contributed by atoms with Crippen molar-refractivity contribution in [3.63, 3.8) is 0 Å². The lowest BCUT2D eigenvalue weighted by atomic mass is 10.2. The van der Waals surface area contributed by atoms with Crippen LogP contribution < -0.4 is 4.74 Å². The minimum Gasteiger partial charge on any atom is -0.432 e. The van der Waals surface area contributed by atoms with E-state index in [-0.39, 0.29) is 15.8 Å². The lowest BCUT2D eigenvalue weighted by Gasteiger charge is -2.08. The average Bonchev–Trinajstić information content (AvgIpc) is 1.96. The van der Waals surface area contributed by atoms with Crippen molar-refractivity contribution in [2.75, 3.05) is 0 Å². The number of benzene rings is 1. The maximum Gasteiger partial charge on any atom is 0.387 e. The van der Waals surface area contributed by atoms with Crippen molar-refractivity contribution in [1.82, 2.24) is 0 Å². The summed E-state index contributed by atoms with van der Waals surface area (Å²) in [6.07, 6.45) is 0. The Labute approximate surface area is 84.2 Å². The SMILES string of the molecule is Cc1cc(Cl)c(OC(F)F)c(Cl)c1. The van der Waals surface area contributed by atoms with E-state index in [1.807, 2.05) is 0 Å². The maximum absolute atomic E-state index is 11.8. The van der Waals surface area contributed by atoms with Crippen LogP contribution in [0.3, 0.4) is 0 Å². The van der Waals surface area contributed by atoms with Crippen molar-refractivity contribution in [3.05, 3.63) is 27.7 Å². The molecule has 1 rings (SSSR count). The molecule has 0 spiro atoms. The summed E-state index contributed by atoms with van der Waals surface area (Å²) in [6, 6.07) is 3.01. The average molecular weight is 227 g/mol. The summed E-state index contributed by atoms with van der Waals surface area (Å²) < 4.78 is 27.8. The van der Waals surface area contributed by atoms with Gasteiger partial charge >= 0.3 is 6.61 Å². The molecule has 0 N–H and O–H groups in total. The quantitative estimate of drug-likeness (QED) is 0.744. The van der Waals surface area contributed by atoms with Gasteiger partial charge in [0.1, 0.15) is 0 Å². The first-order valence-corrected chi connectivity index (χ1v) is 4.16. The molecule has 0 aliphatic heterocycles. The number of rotatable bonds is 2. The van der Waals surface area contributed by atoms with Crippen LogP contribution >= 0.6 is 23.2 Å². The molecule has 0 bridgehead atoms. The van der Waals surface area contributed by atoms with Gasteiger partial charge in [-0.2, -0.15) is 8.78 Å². The Morgan fingerprint density at radius 2 is 1.69 bits per heavy atom. The predicted molar refractivity (Wildman–Crippen MR) is 47.8 cm³/mol. The molecule has 0 atom stereocenters. The van der Waals surface area contributed by atoms with Gasteiger partial charge in [-0.3, -0.25) is 0 Å². The fraction of sp³-hybridized carbons (Fsp3) is 0.250. The summed E-state index contributed by atoms with van der Waals surface area (Å²) in [6.45, 7) is -1.16. The molecule has 13 heavy (non-hydrogen) atoms. The van der Waals surface area contributed by atoms with Crippen LogP contribution in [0.15, 0.2) is 12.1 Å². The Morgan fingerprint density at radius 3 is 2.08 bits per heavy atom. The number of aryl methyl sites for hydroxylation is 1.